The molecule has 0 radical (unpaired) electrons. The third kappa shape index (κ3) is 19.5. The minimum absolute atomic E-state index is 0.0433. The van der Waals surface area contributed by atoms with Gasteiger partial charge in [0.15, 0.2) is 0 Å². The number of β-amino-alcohol motifs (C(OH)–C–C–N with tert-alkyl or cyclic N) is 1. The number of aromatic nitrogens is 15. The number of aliphatic hydroxyl groups is 1. The van der Waals surface area contributed by atoms with Crippen LogP contribution in [0.4, 0.5) is 56.6 Å². The average Bonchev–Trinajstić information content (AvgIpc) is 1.34. The van der Waals surface area contributed by atoms with Gasteiger partial charge in [0.05, 0.1) is 77.0 Å². The van der Waals surface area contributed by atoms with Crippen molar-refractivity contribution in [2.75, 3.05) is 29.0 Å². The molecule has 2 saturated carbocycles. The molecule has 15 rings (SSSR count). The van der Waals surface area contributed by atoms with E-state index < -0.39 is 59.0 Å². The molecule has 3 fully saturated rings. The molecule has 4 N–H and O–H groups in total. The molecule has 23 nitrogen and oxygen atoms in total. The lowest BCUT2D eigenvalue weighted by atomic mass is 9.81. The first-order chi connectivity index (χ1) is 55.1. The Labute approximate surface area is 662 Å². The molecule has 1 aliphatic heterocycles. The molecule has 6 aromatic carbocycles. The Kier molecular flexibility index (Phi) is 24.2. The maximum Gasteiger partial charge on any atom is 0.416 e. The number of hydrogen-bond acceptors (Lipinski definition) is 14. The Morgan fingerprint density at radius 3 is 1.05 bits per heavy atom. The van der Waals surface area contributed by atoms with Crippen LogP contribution in [0.1, 0.15) is 162 Å². The molecule has 3 amide bonds. The van der Waals surface area contributed by atoms with Gasteiger partial charge < -0.3 is 21.1 Å². The third-order valence-electron chi connectivity index (χ3n) is 21.9. The van der Waals surface area contributed by atoms with E-state index in [1.54, 1.807) is 132 Å². The number of amides is 3. The largest absolute Gasteiger partial charge is 0.416 e. The summed E-state index contributed by atoms with van der Waals surface area (Å²) in [5.74, 6) is -0.419. The summed E-state index contributed by atoms with van der Waals surface area (Å²) in [5.41, 5.74) is 12.1. The lowest BCUT2D eigenvalue weighted by Gasteiger charge is -2.25. The topological polar surface area (TPSA) is 256 Å². The van der Waals surface area contributed by atoms with E-state index in [0.29, 0.717) is 106 Å². The SMILES string of the molecule is Cc1ccc(C(=O)Nc2cc(CCC3CCC3)cc(C(F)(F)F)c2)cc1-n1cc(-c2cnn(C)c2C)nn1.Cc1ccc(C(=O)Nc2cc(CCC3CCCC3)cc(C(F)(F)F)c2)cc1-n1cc(-c2cnn(C)c2C)nn1.Cc1ccc(C(=O)Nc2cc(CN3CCC(O)C3)cc(C(F)(F)F)c2)cc1-n1cc(-c2cnn(C)c2C)nn1. The number of halogens is 9. The lowest BCUT2D eigenvalue weighted by Crippen LogP contribution is -2.22. The predicted octanol–water partition coefficient (Wildman–Crippen LogP) is 17.1. The number of aryl methyl sites for hydroxylation is 8. The molecule has 0 spiro atoms. The Hall–Kier alpha value is -11.9. The molecule has 116 heavy (non-hydrogen) atoms. The Balaban J connectivity index is 0.000000151. The summed E-state index contributed by atoms with van der Waals surface area (Å²) in [5, 5.41) is 55.9. The van der Waals surface area contributed by atoms with Crippen molar-refractivity contribution < 1.29 is 59.0 Å². The molecular weight excluding hydrogens is 1510 g/mol. The maximum atomic E-state index is 13.7. The van der Waals surface area contributed by atoms with E-state index >= 15 is 0 Å². The van der Waals surface area contributed by atoms with E-state index in [2.05, 4.69) is 62.2 Å². The van der Waals surface area contributed by atoms with Crippen molar-refractivity contribution in [1.82, 2.24) is 79.2 Å². The van der Waals surface area contributed by atoms with Gasteiger partial charge in [-0.1, -0.05) is 78.8 Å². The third-order valence-corrected chi connectivity index (χ3v) is 21.9. The standard InChI is InChI=1S/C29H31F3N6O.C28H29F3N6O.C27H28F3N7O2/c1-18-8-11-22(14-27(18)38-17-26(35-36-38)25-16-33-37(3)19(25)2)28(39)34-24-13-21(10-9-20-6-4-5-7-20)12-23(15-24)29(30,31)32;1-17-7-10-21(13-26(17)37-16-25(34-35-37)24-15-32-36(3)18(24)2)27(38)33-23-12-20(9-8-19-5-4-6-19)11-22(14-23)28(29,30)31;1-16-4-5-19(10-25(16)37-15-24(33-34-37)23-12-31-35(3)17(23)2)26(39)32-21-9-18(8-20(11-21)27(28,29)30)13-36-7-6-22(38)14-36/h8,11-17,20H,4-7,9-10H2,1-3H3,(H,34,39);7,10-16,19H,4-6,8-9H2,1-3H3,(H,33,38);4-5,8-12,15,22,38H,6-7,13-14H2,1-3H3,(H,32,39). The summed E-state index contributed by atoms with van der Waals surface area (Å²) in [6.45, 7) is 12.7. The quantitative estimate of drug-likeness (QED) is 0.0518. The number of carbonyl (C=O) groups excluding carboxylic acids is 3. The molecule has 1 saturated heterocycles. The summed E-state index contributed by atoms with van der Waals surface area (Å²) in [7, 11) is 5.52. The van der Waals surface area contributed by atoms with Crippen LogP contribution in [0.15, 0.2) is 146 Å². The highest BCUT2D eigenvalue weighted by molar-refractivity contribution is 6.06. The van der Waals surface area contributed by atoms with Crippen LogP contribution in [-0.4, -0.2) is 121 Å². The van der Waals surface area contributed by atoms with Crippen molar-refractivity contribution in [2.24, 2.45) is 33.0 Å². The van der Waals surface area contributed by atoms with E-state index in [1.165, 1.54) is 37.5 Å². The number of benzene rings is 6. The van der Waals surface area contributed by atoms with Gasteiger partial charge in [0.2, 0.25) is 0 Å². The Bertz CT molecular complexity index is 5580. The summed E-state index contributed by atoms with van der Waals surface area (Å²) >= 11 is 0. The first kappa shape index (κ1) is 82.1. The molecule has 3 aliphatic rings. The molecule has 7 heterocycles. The maximum absolute atomic E-state index is 13.7. The highest BCUT2D eigenvalue weighted by atomic mass is 19.4. The number of rotatable bonds is 20. The van der Waals surface area contributed by atoms with Gasteiger partial charge in [-0.3, -0.25) is 33.3 Å². The van der Waals surface area contributed by atoms with Gasteiger partial charge in [-0.25, -0.2) is 14.0 Å². The van der Waals surface area contributed by atoms with Crippen LogP contribution in [0.25, 0.3) is 50.8 Å². The minimum Gasteiger partial charge on any atom is -0.392 e. The Morgan fingerprint density at radius 1 is 0.431 bits per heavy atom. The molecule has 6 aromatic heterocycles. The smallest absolute Gasteiger partial charge is 0.392 e. The van der Waals surface area contributed by atoms with Gasteiger partial charge >= 0.3 is 18.5 Å². The molecule has 12 aromatic rings. The fourth-order valence-corrected chi connectivity index (χ4v) is 14.6. The Morgan fingerprint density at radius 2 is 0.759 bits per heavy atom. The van der Waals surface area contributed by atoms with Crippen molar-refractivity contribution in [3.8, 4) is 50.8 Å². The highest BCUT2D eigenvalue weighted by Gasteiger charge is 2.35. The van der Waals surface area contributed by atoms with Crippen molar-refractivity contribution >= 4 is 34.8 Å². The lowest BCUT2D eigenvalue weighted by molar-refractivity contribution is -0.138. The van der Waals surface area contributed by atoms with E-state index in [4.69, 9.17) is 0 Å². The zero-order valence-electron chi connectivity index (χ0n) is 65.4. The highest BCUT2D eigenvalue weighted by Crippen LogP contribution is 2.39. The van der Waals surface area contributed by atoms with Crippen molar-refractivity contribution in [1.29, 1.82) is 0 Å². The van der Waals surface area contributed by atoms with Crippen LogP contribution in [0.2, 0.25) is 0 Å². The number of likely N-dealkylation sites (tertiary alicyclic amines) is 1. The first-order valence-electron chi connectivity index (χ1n) is 38.2. The number of carbonyl (C=O) groups is 3. The van der Waals surface area contributed by atoms with Crippen LogP contribution in [-0.2, 0) is 59.1 Å². The number of hydrogen-bond donors (Lipinski definition) is 4. The second-order valence-electron chi connectivity index (χ2n) is 30.3. The monoisotopic (exact) mass is 1600 g/mol. The second kappa shape index (κ2) is 34.2. The van der Waals surface area contributed by atoms with Gasteiger partial charge in [-0.05, 0) is 210 Å². The normalized spacial score (nSPS) is 14.8. The molecule has 2 aliphatic carbocycles. The summed E-state index contributed by atoms with van der Waals surface area (Å²) in [6.07, 6.45) is 7.82. The van der Waals surface area contributed by atoms with Crippen LogP contribution in [0, 0.1) is 53.4 Å². The van der Waals surface area contributed by atoms with Crippen LogP contribution in [0.3, 0.4) is 0 Å². The minimum atomic E-state index is -4.57. The fraction of sp³-hybridized carbons (Fsp3) is 0.357. The predicted molar refractivity (Wildman–Crippen MR) is 419 cm³/mol. The van der Waals surface area contributed by atoms with Gasteiger partial charge in [0, 0.05) is 108 Å². The van der Waals surface area contributed by atoms with Crippen LogP contribution in [0.5, 0.6) is 0 Å². The number of nitrogens with zero attached hydrogens (tertiary/aromatic N) is 16. The number of aliphatic hydroxyl groups excluding tert-OH is 1. The molecular formula is C84H88F9N19O4. The summed E-state index contributed by atoms with van der Waals surface area (Å²) < 4.78 is 133. The van der Waals surface area contributed by atoms with Crippen molar-refractivity contribution in [2.45, 2.75) is 150 Å². The van der Waals surface area contributed by atoms with Gasteiger partial charge in [0.25, 0.3) is 17.7 Å². The van der Waals surface area contributed by atoms with Gasteiger partial charge in [0.1, 0.15) is 17.1 Å². The first-order valence-corrected chi connectivity index (χ1v) is 38.2. The molecule has 32 heteroatoms. The molecule has 1 unspecified atom stereocenters. The average molecular weight is 1600 g/mol. The number of anilines is 3. The molecule has 606 valence electrons. The van der Waals surface area contributed by atoms with Crippen LogP contribution < -0.4 is 16.0 Å². The van der Waals surface area contributed by atoms with Gasteiger partial charge in [-0.2, -0.15) is 54.8 Å². The van der Waals surface area contributed by atoms with E-state index in [1.807, 2.05) is 67.6 Å². The van der Waals surface area contributed by atoms with Crippen LogP contribution >= 0.6 is 0 Å². The van der Waals surface area contributed by atoms with E-state index in [9.17, 15) is 59.0 Å². The fourth-order valence-electron chi connectivity index (χ4n) is 14.6. The second-order valence-corrected chi connectivity index (χ2v) is 30.3. The van der Waals surface area contributed by atoms with E-state index in [-0.39, 0.29) is 29.2 Å². The van der Waals surface area contributed by atoms with Gasteiger partial charge in [-0.15, -0.1) is 15.3 Å². The van der Waals surface area contributed by atoms with Crippen molar-refractivity contribution in [3.05, 3.63) is 230 Å². The summed E-state index contributed by atoms with van der Waals surface area (Å²) in [4.78, 5) is 41.3. The van der Waals surface area contributed by atoms with Crippen molar-refractivity contribution in [3.63, 3.8) is 0 Å². The number of nitrogens with one attached hydrogen (secondary N) is 3. The zero-order valence-corrected chi connectivity index (χ0v) is 65.4. The zero-order chi connectivity index (χ0) is 82.7. The molecule has 0 bridgehead atoms. The molecule has 1 atom stereocenters. The van der Waals surface area contributed by atoms with E-state index in [0.717, 1.165) is 113 Å². The summed E-state index contributed by atoms with van der Waals surface area (Å²) in [6, 6.07) is 26.3. The number of alkyl halides is 9.